The number of morpholine rings is 1. The largest absolute Gasteiger partial charge is 0.379 e. The van der Waals surface area contributed by atoms with Crippen LogP contribution in [0.15, 0.2) is 60.7 Å². The molecule has 1 heterocycles. The Bertz CT molecular complexity index is 646. The third-order valence-corrected chi connectivity index (χ3v) is 4.28. The number of rotatable bonds is 5. The van der Waals surface area contributed by atoms with E-state index in [1.54, 1.807) is 48.5 Å². The van der Waals surface area contributed by atoms with Crippen molar-refractivity contribution in [1.29, 1.82) is 0 Å². The molecule has 1 aliphatic rings. The van der Waals surface area contributed by atoms with Gasteiger partial charge < -0.3 is 4.74 Å². The molecule has 1 aliphatic heterocycles. The molecule has 2 amide bonds. The maximum Gasteiger partial charge on any atom is 0.260 e. The highest BCUT2D eigenvalue weighted by Crippen LogP contribution is 2.11. The van der Waals surface area contributed by atoms with Crippen molar-refractivity contribution < 1.29 is 14.3 Å². The van der Waals surface area contributed by atoms with Gasteiger partial charge in [-0.15, -0.1) is 0 Å². The monoisotopic (exact) mass is 338 g/mol. The molecule has 0 bridgehead atoms. The van der Waals surface area contributed by atoms with Crippen molar-refractivity contribution in [1.82, 2.24) is 9.80 Å². The average molecular weight is 338 g/mol. The summed E-state index contributed by atoms with van der Waals surface area (Å²) in [7, 11) is 0. The summed E-state index contributed by atoms with van der Waals surface area (Å²) in [4.78, 5) is 29.4. The second-order valence-corrected chi connectivity index (χ2v) is 5.95. The first-order valence-corrected chi connectivity index (χ1v) is 8.52. The summed E-state index contributed by atoms with van der Waals surface area (Å²) < 4.78 is 5.35. The number of carbonyl (C=O) groups excluding carboxylic acids is 2. The summed E-state index contributed by atoms with van der Waals surface area (Å²) in [5.41, 5.74) is 1.04. The number of ether oxygens (including phenoxy) is 1. The van der Waals surface area contributed by atoms with E-state index in [-0.39, 0.29) is 11.8 Å². The molecule has 5 heteroatoms. The minimum atomic E-state index is -0.261. The number of benzene rings is 2. The SMILES string of the molecule is O=C(c1ccccc1)N(CCN1CCOCC1)C(=O)c1ccccc1. The molecular weight excluding hydrogens is 316 g/mol. The highest BCUT2D eigenvalue weighted by molar-refractivity contribution is 6.10. The average Bonchev–Trinajstić information content (AvgIpc) is 2.70. The maximum absolute atomic E-state index is 12.9. The Labute approximate surface area is 147 Å². The molecule has 2 aromatic carbocycles. The van der Waals surface area contributed by atoms with Gasteiger partial charge in [-0.2, -0.15) is 0 Å². The molecule has 5 nitrogen and oxygen atoms in total. The zero-order chi connectivity index (χ0) is 17.5. The van der Waals surface area contributed by atoms with E-state index in [0.717, 1.165) is 13.1 Å². The molecule has 2 aromatic rings. The Kier molecular flexibility index (Phi) is 5.93. The number of imide groups is 1. The third-order valence-electron chi connectivity index (χ3n) is 4.28. The molecule has 0 radical (unpaired) electrons. The van der Waals surface area contributed by atoms with E-state index in [1.165, 1.54) is 4.90 Å². The molecule has 0 atom stereocenters. The highest BCUT2D eigenvalue weighted by atomic mass is 16.5. The van der Waals surface area contributed by atoms with Gasteiger partial charge in [-0.3, -0.25) is 19.4 Å². The number of nitrogens with zero attached hydrogens (tertiary/aromatic N) is 2. The molecule has 25 heavy (non-hydrogen) atoms. The van der Waals surface area contributed by atoms with Crippen LogP contribution in [0.4, 0.5) is 0 Å². The van der Waals surface area contributed by atoms with Gasteiger partial charge in [0.1, 0.15) is 0 Å². The van der Waals surface area contributed by atoms with Crippen molar-refractivity contribution >= 4 is 11.8 Å². The van der Waals surface area contributed by atoms with Crippen LogP contribution in [0, 0.1) is 0 Å². The van der Waals surface area contributed by atoms with Crippen molar-refractivity contribution in [2.24, 2.45) is 0 Å². The van der Waals surface area contributed by atoms with Crippen molar-refractivity contribution in [3.05, 3.63) is 71.8 Å². The number of amides is 2. The fourth-order valence-corrected chi connectivity index (χ4v) is 2.83. The number of hydrogen-bond donors (Lipinski definition) is 0. The van der Waals surface area contributed by atoms with Gasteiger partial charge in [-0.1, -0.05) is 36.4 Å². The van der Waals surface area contributed by atoms with Gasteiger partial charge in [0, 0.05) is 37.3 Å². The lowest BCUT2D eigenvalue weighted by molar-refractivity contribution is 0.0317. The maximum atomic E-state index is 12.9. The Morgan fingerprint density at radius 3 is 1.80 bits per heavy atom. The van der Waals surface area contributed by atoms with Gasteiger partial charge >= 0.3 is 0 Å². The standard InChI is InChI=1S/C20H22N2O3/c23-19(17-7-3-1-4-8-17)22(12-11-21-13-15-25-16-14-21)20(24)18-9-5-2-6-10-18/h1-10H,11-16H2. The minimum absolute atomic E-state index is 0.261. The van der Waals surface area contributed by atoms with Crippen LogP contribution >= 0.6 is 0 Å². The van der Waals surface area contributed by atoms with Crippen LogP contribution in [0.2, 0.25) is 0 Å². The molecule has 0 unspecified atom stereocenters. The van der Waals surface area contributed by atoms with Gasteiger partial charge in [0.05, 0.1) is 13.2 Å². The predicted molar refractivity (Wildman–Crippen MR) is 95.5 cm³/mol. The summed E-state index contributed by atoms with van der Waals surface area (Å²) >= 11 is 0. The second-order valence-electron chi connectivity index (χ2n) is 5.95. The van der Waals surface area contributed by atoms with Crippen molar-refractivity contribution in [2.75, 3.05) is 39.4 Å². The lowest BCUT2D eigenvalue weighted by Gasteiger charge is -2.29. The lowest BCUT2D eigenvalue weighted by Crippen LogP contribution is -2.45. The van der Waals surface area contributed by atoms with Crippen LogP contribution in [0.1, 0.15) is 20.7 Å². The molecule has 0 aromatic heterocycles. The summed E-state index contributed by atoms with van der Waals surface area (Å²) in [5, 5.41) is 0. The fraction of sp³-hybridized carbons (Fsp3) is 0.300. The first-order chi connectivity index (χ1) is 12.3. The molecule has 3 rings (SSSR count). The Morgan fingerprint density at radius 2 is 1.32 bits per heavy atom. The minimum Gasteiger partial charge on any atom is -0.379 e. The Morgan fingerprint density at radius 1 is 0.840 bits per heavy atom. The van der Waals surface area contributed by atoms with Gasteiger partial charge in [0.25, 0.3) is 11.8 Å². The van der Waals surface area contributed by atoms with Gasteiger partial charge in [0.15, 0.2) is 0 Å². The first-order valence-electron chi connectivity index (χ1n) is 8.52. The van der Waals surface area contributed by atoms with Gasteiger partial charge in [-0.05, 0) is 24.3 Å². The van der Waals surface area contributed by atoms with Crippen molar-refractivity contribution in [3.63, 3.8) is 0 Å². The molecule has 0 spiro atoms. The molecule has 0 aliphatic carbocycles. The van der Waals surface area contributed by atoms with Gasteiger partial charge in [0.2, 0.25) is 0 Å². The normalized spacial score (nSPS) is 14.9. The second kappa shape index (κ2) is 8.55. The van der Waals surface area contributed by atoms with Crippen LogP contribution in [-0.4, -0.2) is 61.0 Å². The van der Waals surface area contributed by atoms with Crippen LogP contribution in [-0.2, 0) is 4.74 Å². The predicted octanol–water partition coefficient (Wildman–Crippen LogP) is 2.30. The van der Waals surface area contributed by atoms with Crippen molar-refractivity contribution in [2.45, 2.75) is 0 Å². The van der Waals surface area contributed by atoms with Crippen LogP contribution in [0.5, 0.6) is 0 Å². The van der Waals surface area contributed by atoms with Crippen LogP contribution < -0.4 is 0 Å². The molecule has 1 saturated heterocycles. The van der Waals surface area contributed by atoms with E-state index in [4.69, 9.17) is 4.74 Å². The lowest BCUT2D eigenvalue weighted by atomic mass is 10.1. The summed E-state index contributed by atoms with van der Waals surface area (Å²) in [6.07, 6.45) is 0. The third kappa shape index (κ3) is 4.53. The first kappa shape index (κ1) is 17.3. The van der Waals surface area contributed by atoms with E-state index >= 15 is 0 Å². The topological polar surface area (TPSA) is 49.9 Å². The summed E-state index contributed by atoms with van der Waals surface area (Å²) in [6.45, 7) is 4.06. The Hall–Kier alpha value is -2.50. The number of hydrogen-bond acceptors (Lipinski definition) is 4. The van der Waals surface area contributed by atoms with Crippen LogP contribution in [0.3, 0.4) is 0 Å². The molecule has 0 saturated carbocycles. The number of carbonyl (C=O) groups is 2. The molecule has 130 valence electrons. The van der Waals surface area contributed by atoms with Crippen LogP contribution in [0.25, 0.3) is 0 Å². The molecular formula is C20H22N2O3. The quantitative estimate of drug-likeness (QED) is 0.785. The summed E-state index contributed by atoms with van der Waals surface area (Å²) in [5.74, 6) is -0.523. The van der Waals surface area contributed by atoms with E-state index in [9.17, 15) is 9.59 Å². The van der Waals surface area contributed by atoms with Crippen molar-refractivity contribution in [3.8, 4) is 0 Å². The molecule has 0 N–H and O–H groups in total. The zero-order valence-corrected chi connectivity index (χ0v) is 14.1. The molecule has 1 fully saturated rings. The fourth-order valence-electron chi connectivity index (χ4n) is 2.83. The zero-order valence-electron chi connectivity index (χ0n) is 14.1. The van der Waals surface area contributed by atoms with Gasteiger partial charge in [-0.25, -0.2) is 0 Å². The van der Waals surface area contributed by atoms with E-state index in [1.807, 2.05) is 12.1 Å². The Balaban J connectivity index is 1.77. The smallest absolute Gasteiger partial charge is 0.260 e. The van der Waals surface area contributed by atoms with E-state index < -0.39 is 0 Å². The van der Waals surface area contributed by atoms with E-state index in [0.29, 0.717) is 37.4 Å². The van der Waals surface area contributed by atoms with E-state index in [2.05, 4.69) is 4.90 Å². The summed E-state index contributed by atoms with van der Waals surface area (Å²) in [6, 6.07) is 17.9. The highest BCUT2D eigenvalue weighted by Gasteiger charge is 2.24.